The standard InChI is InChI=1S/C8H9BrN2O3/c9-6-7(4-1-2-4)10-11(8(6)14)3-5(12)13/h4,10H,1-3H2,(H,12,13). The lowest BCUT2D eigenvalue weighted by Gasteiger charge is -1.95. The quantitative estimate of drug-likeness (QED) is 0.848. The van der Waals surface area contributed by atoms with E-state index in [1.54, 1.807) is 0 Å². The first-order chi connectivity index (χ1) is 6.59. The van der Waals surface area contributed by atoms with E-state index in [-0.39, 0.29) is 12.1 Å². The molecule has 1 aliphatic carbocycles. The van der Waals surface area contributed by atoms with E-state index in [0.29, 0.717) is 10.4 Å². The van der Waals surface area contributed by atoms with Crippen LogP contribution in [0.1, 0.15) is 24.5 Å². The lowest BCUT2D eigenvalue weighted by atomic mass is 10.3. The molecule has 1 aromatic rings. The highest BCUT2D eigenvalue weighted by Gasteiger charge is 2.29. The molecule has 0 saturated heterocycles. The molecule has 1 heterocycles. The molecule has 1 aromatic heterocycles. The van der Waals surface area contributed by atoms with Crippen LogP contribution in [0.2, 0.25) is 0 Å². The number of rotatable bonds is 3. The minimum atomic E-state index is -1.02. The van der Waals surface area contributed by atoms with Crippen molar-refractivity contribution >= 4 is 21.9 Å². The van der Waals surface area contributed by atoms with Gasteiger partial charge in [-0.2, -0.15) is 0 Å². The summed E-state index contributed by atoms with van der Waals surface area (Å²) in [4.78, 5) is 21.9. The van der Waals surface area contributed by atoms with E-state index < -0.39 is 5.97 Å². The van der Waals surface area contributed by atoms with Crippen LogP contribution in [-0.4, -0.2) is 20.9 Å². The zero-order valence-corrected chi connectivity index (χ0v) is 8.87. The Morgan fingerprint density at radius 2 is 2.29 bits per heavy atom. The Balaban J connectivity index is 2.37. The van der Waals surface area contributed by atoms with Crippen LogP contribution in [0, 0.1) is 0 Å². The number of carboxylic acids is 1. The Kier molecular flexibility index (Phi) is 2.22. The second-order valence-electron chi connectivity index (χ2n) is 3.40. The number of aromatic amines is 1. The fourth-order valence-electron chi connectivity index (χ4n) is 1.37. The predicted molar refractivity (Wildman–Crippen MR) is 52.4 cm³/mol. The largest absolute Gasteiger partial charge is 0.480 e. The molecule has 2 rings (SSSR count). The van der Waals surface area contributed by atoms with Crippen molar-refractivity contribution in [1.82, 2.24) is 9.78 Å². The highest BCUT2D eigenvalue weighted by molar-refractivity contribution is 9.10. The van der Waals surface area contributed by atoms with E-state index in [0.717, 1.165) is 23.2 Å². The van der Waals surface area contributed by atoms with Gasteiger partial charge in [0.2, 0.25) is 0 Å². The molecular formula is C8H9BrN2O3. The Bertz CT molecular complexity index is 430. The first kappa shape index (κ1) is 9.51. The van der Waals surface area contributed by atoms with Gasteiger partial charge in [0.1, 0.15) is 11.0 Å². The molecule has 0 aromatic carbocycles. The van der Waals surface area contributed by atoms with Crippen LogP contribution in [0.5, 0.6) is 0 Å². The van der Waals surface area contributed by atoms with Crippen LogP contribution in [-0.2, 0) is 11.3 Å². The second-order valence-corrected chi connectivity index (χ2v) is 4.19. The van der Waals surface area contributed by atoms with Crippen molar-refractivity contribution < 1.29 is 9.90 Å². The van der Waals surface area contributed by atoms with E-state index in [4.69, 9.17) is 5.11 Å². The highest BCUT2D eigenvalue weighted by atomic mass is 79.9. The lowest BCUT2D eigenvalue weighted by Crippen LogP contribution is -2.21. The second kappa shape index (κ2) is 3.27. The number of halogens is 1. The van der Waals surface area contributed by atoms with Gasteiger partial charge >= 0.3 is 5.97 Å². The Morgan fingerprint density at radius 3 is 2.79 bits per heavy atom. The number of hydrogen-bond donors (Lipinski definition) is 2. The minimum Gasteiger partial charge on any atom is -0.480 e. The average Bonchev–Trinajstić information content (AvgIpc) is 2.88. The summed E-state index contributed by atoms with van der Waals surface area (Å²) in [5.41, 5.74) is 0.533. The molecular weight excluding hydrogens is 252 g/mol. The normalized spacial score (nSPS) is 15.8. The topological polar surface area (TPSA) is 75.1 Å². The third-order valence-corrected chi connectivity index (χ3v) is 2.97. The van der Waals surface area contributed by atoms with Crippen molar-refractivity contribution in [2.45, 2.75) is 25.3 Å². The number of carboxylic acid groups (broad SMARTS) is 1. The third-order valence-electron chi connectivity index (χ3n) is 2.20. The average molecular weight is 261 g/mol. The van der Waals surface area contributed by atoms with E-state index in [9.17, 15) is 9.59 Å². The summed E-state index contributed by atoms with van der Waals surface area (Å²) in [5.74, 6) is -0.629. The highest BCUT2D eigenvalue weighted by Crippen LogP contribution is 2.41. The smallest absolute Gasteiger partial charge is 0.325 e. The van der Waals surface area contributed by atoms with Crippen LogP contribution in [0.25, 0.3) is 0 Å². The molecule has 0 unspecified atom stereocenters. The van der Waals surface area contributed by atoms with E-state index >= 15 is 0 Å². The van der Waals surface area contributed by atoms with Crippen LogP contribution >= 0.6 is 15.9 Å². The van der Waals surface area contributed by atoms with Gasteiger partial charge in [0.15, 0.2) is 0 Å². The first-order valence-electron chi connectivity index (χ1n) is 4.29. The lowest BCUT2D eigenvalue weighted by molar-refractivity contribution is -0.137. The number of hydrogen-bond acceptors (Lipinski definition) is 2. The zero-order valence-electron chi connectivity index (χ0n) is 7.29. The van der Waals surface area contributed by atoms with Crippen molar-refractivity contribution in [3.63, 3.8) is 0 Å². The van der Waals surface area contributed by atoms with Gasteiger partial charge in [-0.05, 0) is 28.8 Å². The summed E-state index contributed by atoms with van der Waals surface area (Å²) in [5, 5.41) is 11.4. The predicted octanol–water partition coefficient (Wildman–Crippen LogP) is 0.901. The molecule has 0 amide bonds. The minimum absolute atomic E-state index is 0.297. The molecule has 5 nitrogen and oxygen atoms in total. The SMILES string of the molecule is O=C(O)Cn1[nH]c(C2CC2)c(Br)c1=O. The molecule has 2 N–H and O–H groups in total. The maximum absolute atomic E-state index is 11.5. The van der Waals surface area contributed by atoms with Gasteiger partial charge in [0.05, 0.1) is 5.69 Å². The fraction of sp³-hybridized carbons (Fsp3) is 0.500. The van der Waals surface area contributed by atoms with Crippen LogP contribution < -0.4 is 5.56 Å². The molecule has 76 valence electrons. The maximum atomic E-state index is 11.5. The molecule has 1 fully saturated rings. The molecule has 1 saturated carbocycles. The Morgan fingerprint density at radius 1 is 1.64 bits per heavy atom. The van der Waals surface area contributed by atoms with Crippen LogP contribution in [0.3, 0.4) is 0 Å². The summed E-state index contributed by atoms with van der Waals surface area (Å²) >= 11 is 3.17. The molecule has 0 bridgehead atoms. The maximum Gasteiger partial charge on any atom is 0.325 e. The third kappa shape index (κ3) is 1.61. The van der Waals surface area contributed by atoms with Gasteiger partial charge < -0.3 is 5.11 Å². The molecule has 0 atom stereocenters. The number of nitrogens with zero attached hydrogens (tertiary/aromatic N) is 1. The number of aromatic nitrogens is 2. The number of carbonyl (C=O) groups is 1. The number of H-pyrrole nitrogens is 1. The summed E-state index contributed by atoms with van der Waals surface area (Å²) in [6.07, 6.45) is 2.12. The molecule has 0 radical (unpaired) electrons. The van der Waals surface area contributed by atoms with Crippen LogP contribution in [0.4, 0.5) is 0 Å². The summed E-state index contributed by atoms with van der Waals surface area (Å²) < 4.78 is 1.58. The zero-order chi connectivity index (χ0) is 10.3. The monoisotopic (exact) mass is 260 g/mol. The van der Waals surface area contributed by atoms with Crippen molar-refractivity contribution in [2.75, 3.05) is 0 Å². The van der Waals surface area contributed by atoms with Gasteiger partial charge in [-0.1, -0.05) is 0 Å². The molecule has 6 heteroatoms. The molecule has 0 aliphatic heterocycles. The van der Waals surface area contributed by atoms with Gasteiger partial charge in [-0.3, -0.25) is 14.7 Å². The first-order valence-corrected chi connectivity index (χ1v) is 5.09. The van der Waals surface area contributed by atoms with Crippen molar-refractivity contribution in [1.29, 1.82) is 0 Å². The number of aliphatic carboxylic acids is 1. The van der Waals surface area contributed by atoms with Gasteiger partial charge in [-0.25, -0.2) is 4.68 Å². The van der Waals surface area contributed by atoms with Crippen molar-refractivity contribution in [2.24, 2.45) is 0 Å². The van der Waals surface area contributed by atoms with E-state index in [1.165, 1.54) is 0 Å². The van der Waals surface area contributed by atoms with Crippen molar-refractivity contribution in [3.05, 3.63) is 20.5 Å². The van der Waals surface area contributed by atoms with Gasteiger partial charge in [-0.15, -0.1) is 0 Å². The number of nitrogens with one attached hydrogen (secondary N) is 1. The summed E-state index contributed by atoms with van der Waals surface area (Å²) in [7, 11) is 0. The van der Waals surface area contributed by atoms with E-state index in [2.05, 4.69) is 21.0 Å². The van der Waals surface area contributed by atoms with Gasteiger partial charge in [0, 0.05) is 5.92 Å². The van der Waals surface area contributed by atoms with Gasteiger partial charge in [0.25, 0.3) is 5.56 Å². The molecule has 14 heavy (non-hydrogen) atoms. The summed E-state index contributed by atoms with van der Waals surface area (Å²) in [6.45, 7) is -0.315. The fourth-order valence-corrected chi connectivity index (χ4v) is 1.99. The van der Waals surface area contributed by atoms with Crippen LogP contribution in [0.15, 0.2) is 9.27 Å². The summed E-state index contributed by atoms with van der Waals surface area (Å²) in [6, 6.07) is 0. The molecule has 1 aliphatic rings. The van der Waals surface area contributed by atoms with E-state index in [1.807, 2.05) is 0 Å². The Labute approximate surface area is 87.8 Å². The molecule has 0 spiro atoms. The van der Waals surface area contributed by atoms with Crippen molar-refractivity contribution in [3.8, 4) is 0 Å². The Hall–Kier alpha value is -1.04.